The molecule has 0 saturated carbocycles. The highest BCUT2D eigenvalue weighted by Gasteiger charge is 2.02. The number of hydrogen-bond donors (Lipinski definition) is 2. The van der Waals surface area contributed by atoms with E-state index in [0.717, 1.165) is 0 Å². The molecule has 1 aromatic heterocycles. The minimum absolute atomic E-state index is 0.294. The van der Waals surface area contributed by atoms with Gasteiger partial charge in [-0.25, -0.2) is 14.5 Å². The van der Waals surface area contributed by atoms with E-state index in [1.54, 1.807) is 12.1 Å². The molecule has 1 heterocycles. The lowest BCUT2D eigenvalue weighted by Gasteiger charge is -2.02. The molecule has 3 N–H and O–H groups in total. The van der Waals surface area contributed by atoms with Crippen LogP contribution in [0.5, 0.6) is 0 Å². The highest BCUT2D eigenvalue weighted by Crippen LogP contribution is 2.12. The van der Waals surface area contributed by atoms with Crippen molar-refractivity contribution in [2.24, 2.45) is 0 Å². The molecule has 0 aliphatic heterocycles. The summed E-state index contributed by atoms with van der Waals surface area (Å²) in [5.74, 6) is 0. The van der Waals surface area contributed by atoms with Gasteiger partial charge in [0.25, 0.3) is 0 Å². The number of rotatable bonds is 1. The van der Waals surface area contributed by atoms with Crippen LogP contribution in [0.2, 0.25) is 0 Å². The quantitative estimate of drug-likeness (QED) is 0.607. The Morgan fingerprint density at radius 2 is 2.15 bits per heavy atom. The standard InChI is InChI=1S/C8H8N4O/c9-6-3-1-2-4-7(6)12-5-10-11-8(12)13/h1-5H,9H2,(H,11,13). The van der Waals surface area contributed by atoms with E-state index < -0.39 is 0 Å². The Balaban J connectivity index is 2.66. The molecule has 0 radical (unpaired) electrons. The van der Waals surface area contributed by atoms with Crippen LogP contribution in [-0.2, 0) is 0 Å². The molecule has 1 aromatic carbocycles. The fourth-order valence-corrected chi connectivity index (χ4v) is 1.13. The van der Waals surface area contributed by atoms with Crippen LogP contribution >= 0.6 is 0 Å². The zero-order chi connectivity index (χ0) is 9.26. The van der Waals surface area contributed by atoms with Crippen LogP contribution in [0.25, 0.3) is 5.69 Å². The number of H-pyrrole nitrogens is 1. The molecule has 5 nitrogen and oxygen atoms in total. The summed E-state index contributed by atoms with van der Waals surface area (Å²) in [6, 6.07) is 7.11. The fourth-order valence-electron chi connectivity index (χ4n) is 1.13. The average Bonchev–Trinajstić information content (AvgIpc) is 2.52. The first-order valence-electron chi connectivity index (χ1n) is 3.76. The lowest BCUT2D eigenvalue weighted by atomic mass is 10.3. The van der Waals surface area contributed by atoms with Crippen LogP contribution in [0.3, 0.4) is 0 Å². The number of nitrogens with zero attached hydrogens (tertiary/aromatic N) is 2. The molecular weight excluding hydrogens is 168 g/mol. The van der Waals surface area contributed by atoms with Crippen LogP contribution in [0.4, 0.5) is 5.69 Å². The molecule has 2 aromatic rings. The second kappa shape index (κ2) is 2.78. The summed E-state index contributed by atoms with van der Waals surface area (Å²) in [5.41, 5.74) is 6.57. The van der Waals surface area contributed by atoms with Crippen LogP contribution in [0, 0.1) is 0 Å². The van der Waals surface area contributed by atoms with E-state index in [4.69, 9.17) is 5.73 Å². The van der Waals surface area contributed by atoms with Crippen molar-refractivity contribution >= 4 is 5.69 Å². The van der Waals surface area contributed by atoms with E-state index in [1.165, 1.54) is 10.9 Å². The third-order valence-electron chi connectivity index (χ3n) is 1.75. The number of aromatic amines is 1. The molecule has 0 unspecified atom stereocenters. The normalized spacial score (nSPS) is 10.2. The first-order chi connectivity index (χ1) is 6.29. The molecule has 0 fully saturated rings. The van der Waals surface area contributed by atoms with Gasteiger partial charge in [0, 0.05) is 0 Å². The molecule has 0 amide bonds. The Hall–Kier alpha value is -2.04. The monoisotopic (exact) mass is 176 g/mol. The summed E-state index contributed by atoms with van der Waals surface area (Å²) in [5, 5.41) is 5.91. The smallest absolute Gasteiger partial charge is 0.347 e. The van der Waals surface area contributed by atoms with Gasteiger partial charge in [-0.3, -0.25) is 0 Å². The van der Waals surface area contributed by atoms with Gasteiger partial charge >= 0.3 is 5.69 Å². The largest absolute Gasteiger partial charge is 0.397 e. The highest BCUT2D eigenvalue weighted by molar-refractivity contribution is 5.56. The Labute approximate surface area is 73.8 Å². The second-order valence-electron chi connectivity index (χ2n) is 2.59. The van der Waals surface area contributed by atoms with Crippen LogP contribution in [0.15, 0.2) is 35.4 Å². The van der Waals surface area contributed by atoms with E-state index in [9.17, 15) is 4.79 Å². The van der Waals surface area contributed by atoms with Crippen molar-refractivity contribution in [3.63, 3.8) is 0 Å². The zero-order valence-corrected chi connectivity index (χ0v) is 6.77. The number of anilines is 1. The predicted molar refractivity (Wildman–Crippen MR) is 48.6 cm³/mol. The van der Waals surface area contributed by atoms with Gasteiger partial charge in [-0.05, 0) is 12.1 Å². The number of nitrogen functional groups attached to an aromatic ring is 1. The lowest BCUT2D eigenvalue weighted by molar-refractivity contribution is 0.985. The highest BCUT2D eigenvalue weighted by atomic mass is 16.1. The van der Waals surface area contributed by atoms with E-state index in [1.807, 2.05) is 12.1 Å². The van der Waals surface area contributed by atoms with Gasteiger partial charge in [-0.2, -0.15) is 5.10 Å². The Morgan fingerprint density at radius 1 is 1.38 bits per heavy atom. The molecule has 13 heavy (non-hydrogen) atoms. The maximum absolute atomic E-state index is 11.2. The third kappa shape index (κ3) is 1.20. The molecule has 0 aliphatic carbocycles. The van der Waals surface area contributed by atoms with Crippen molar-refractivity contribution < 1.29 is 0 Å². The summed E-state index contributed by atoms with van der Waals surface area (Å²) in [4.78, 5) is 11.2. The molecule has 2 rings (SSSR count). The zero-order valence-electron chi connectivity index (χ0n) is 6.77. The second-order valence-corrected chi connectivity index (χ2v) is 2.59. The Bertz CT molecular complexity index is 471. The summed E-state index contributed by atoms with van der Waals surface area (Å²) in [6.45, 7) is 0. The number of aromatic nitrogens is 3. The SMILES string of the molecule is Nc1ccccc1-n1cn[nH]c1=O. The van der Waals surface area contributed by atoms with Gasteiger partial charge < -0.3 is 5.73 Å². The summed E-state index contributed by atoms with van der Waals surface area (Å²) in [6.07, 6.45) is 1.40. The van der Waals surface area contributed by atoms with Crippen molar-refractivity contribution in [2.45, 2.75) is 0 Å². The topological polar surface area (TPSA) is 76.7 Å². The number of para-hydroxylation sites is 2. The van der Waals surface area contributed by atoms with Gasteiger partial charge in [0.05, 0.1) is 11.4 Å². The molecular formula is C8H8N4O. The summed E-state index contributed by atoms with van der Waals surface area (Å²) < 4.78 is 1.36. The van der Waals surface area contributed by atoms with Crippen molar-refractivity contribution in [2.75, 3.05) is 5.73 Å². The van der Waals surface area contributed by atoms with Gasteiger partial charge in [-0.15, -0.1) is 0 Å². The van der Waals surface area contributed by atoms with E-state index in [-0.39, 0.29) is 5.69 Å². The summed E-state index contributed by atoms with van der Waals surface area (Å²) in [7, 11) is 0. The number of nitrogens with one attached hydrogen (secondary N) is 1. The van der Waals surface area contributed by atoms with Crippen LogP contribution in [-0.4, -0.2) is 14.8 Å². The number of hydrogen-bond acceptors (Lipinski definition) is 3. The molecule has 0 atom stereocenters. The first kappa shape index (κ1) is 7.60. The first-order valence-corrected chi connectivity index (χ1v) is 3.76. The van der Waals surface area contributed by atoms with Gasteiger partial charge in [0.15, 0.2) is 0 Å². The van der Waals surface area contributed by atoms with E-state index in [0.29, 0.717) is 11.4 Å². The minimum Gasteiger partial charge on any atom is -0.397 e. The molecule has 0 bridgehead atoms. The van der Waals surface area contributed by atoms with Crippen molar-refractivity contribution in [1.29, 1.82) is 0 Å². The molecule has 5 heteroatoms. The molecule has 66 valence electrons. The number of benzene rings is 1. The maximum atomic E-state index is 11.2. The minimum atomic E-state index is -0.294. The molecule has 0 spiro atoms. The Kier molecular flexibility index (Phi) is 1.63. The van der Waals surface area contributed by atoms with Crippen molar-refractivity contribution in [3.8, 4) is 5.69 Å². The summed E-state index contributed by atoms with van der Waals surface area (Å²) >= 11 is 0. The van der Waals surface area contributed by atoms with Gasteiger partial charge in [-0.1, -0.05) is 12.1 Å². The van der Waals surface area contributed by atoms with E-state index >= 15 is 0 Å². The average molecular weight is 176 g/mol. The van der Waals surface area contributed by atoms with E-state index in [2.05, 4.69) is 10.2 Å². The Morgan fingerprint density at radius 3 is 2.77 bits per heavy atom. The predicted octanol–water partition coefficient (Wildman–Crippen LogP) is 0.143. The van der Waals surface area contributed by atoms with Gasteiger partial charge in [0.1, 0.15) is 6.33 Å². The molecule has 0 aliphatic rings. The van der Waals surface area contributed by atoms with Crippen LogP contribution in [0.1, 0.15) is 0 Å². The maximum Gasteiger partial charge on any atom is 0.347 e. The lowest BCUT2D eigenvalue weighted by Crippen LogP contribution is -2.15. The fraction of sp³-hybridized carbons (Fsp3) is 0. The van der Waals surface area contributed by atoms with Gasteiger partial charge in [0.2, 0.25) is 0 Å². The van der Waals surface area contributed by atoms with Crippen molar-refractivity contribution in [3.05, 3.63) is 41.1 Å². The number of nitrogens with two attached hydrogens (primary N) is 1. The third-order valence-corrected chi connectivity index (χ3v) is 1.75. The molecule has 0 saturated heterocycles. The van der Waals surface area contributed by atoms with Crippen molar-refractivity contribution in [1.82, 2.24) is 14.8 Å². The van der Waals surface area contributed by atoms with Crippen LogP contribution < -0.4 is 11.4 Å².